The van der Waals surface area contributed by atoms with E-state index in [9.17, 15) is 8.78 Å². The number of aryl methyl sites for hydroxylation is 1. The van der Waals surface area contributed by atoms with Gasteiger partial charge in [-0.2, -0.15) is 0 Å². The van der Waals surface area contributed by atoms with Gasteiger partial charge in [0.15, 0.2) is 5.96 Å². The second-order valence-electron chi connectivity index (χ2n) is 6.78. The lowest BCUT2D eigenvalue weighted by molar-refractivity contribution is 0.398. The molecule has 3 N–H and O–H groups in total. The first-order chi connectivity index (χ1) is 14.5. The average Bonchev–Trinajstić information content (AvgIpc) is 3.17. The molecular weight excluding hydrogens is 517 g/mol. The van der Waals surface area contributed by atoms with Gasteiger partial charge in [0.2, 0.25) is 0 Å². The lowest BCUT2D eigenvalue weighted by Gasteiger charge is -2.12. The average molecular weight is 544 g/mol. The maximum absolute atomic E-state index is 13.7. The van der Waals surface area contributed by atoms with Crippen LogP contribution in [0.2, 0.25) is 0 Å². The summed E-state index contributed by atoms with van der Waals surface area (Å²) in [6.07, 6.45) is 1.67. The molecule has 3 aromatic rings. The highest BCUT2D eigenvalue weighted by Crippen LogP contribution is 2.31. The van der Waals surface area contributed by atoms with Crippen molar-refractivity contribution in [2.75, 3.05) is 27.8 Å². The maximum Gasteiger partial charge on any atom is 0.191 e. The van der Waals surface area contributed by atoms with Crippen molar-refractivity contribution in [3.8, 4) is 11.5 Å². The van der Waals surface area contributed by atoms with Crippen molar-refractivity contribution < 1.29 is 18.3 Å². The first kappa shape index (κ1) is 24.7. The van der Waals surface area contributed by atoms with Gasteiger partial charge in [-0.1, -0.05) is 0 Å². The minimum Gasteiger partial charge on any atom is -0.497 e. The van der Waals surface area contributed by atoms with Gasteiger partial charge in [0, 0.05) is 48.9 Å². The Kier molecular flexibility index (Phi) is 9.35. The Morgan fingerprint density at radius 2 is 1.87 bits per heavy atom. The van der Waals surface area contributed by atoms with E-state index in [1.54, 1.807) is 21.3 Å². The molecule has 0 unspecified atom stereocenters. The molecule has 0 aliphatic carbocycles. The highest BCUT2D eigenvalue weighted by molar-refractivity contribution is 14.0. The molecule has 0 amide bonds. The fraction of sp³-hybridized carbons (Fsp3) is 0.318. The van der Waals surface area contributed by atoms with Crippen LogP contribution in [0.25, 0.3) is 10.9 Å². The SMILES string of the molecule is CN=C(NCCCc1cc2c(OC)cc(OC)cc2[nH]1)NCc1cc(F)ccc1F.I. The molecule has 3 rings (SSSR count). The third-order valence-electron chi connectivity index (χ3n) is 4.78. The predicted molar refractivity (Wildman–Crippen MR) is 130 cm³/mol. The third-order valence-corrected chi connectivity index (χ3v) is 4.78. The van der Waals surface area contributed by atoms with Gasteiger partial charge in [0.1, 0.15) is 23.1 Å². The van der Waals surface area contributed by atoms with Gasteiger partial charge >= 0.3 is 0 Å². The molecule has 2 aromatic carbocycles. The number of H-pyrrole nitrogens is 1. The Hall–Kier alpha value is -2.56. The first-order valence-electron chi connectivity index (χ1n) is 9.66. The molecule has 1 heterocycles. The van der Waals surface area contributed by atoms with Gasteiger partial charge in [-0.25, -0.2) is 8.78 Å². The maximum atomic E-state index is 13.7. The Bertz CT molecular complexity index is 1040. The smallest absolute Gasteiger partial charge is 0.191 e. The minimum absolute atomic E-state index is 0. The number of nitrogens with one attached hydrogen (secondary N) is 3. The summed E-state index contributed by atoms with van der Waals surface area (Å²) < 4.78 is 37.7. The highest BCUT2D eigenvalue weighted by atomic mass is 127. The van der Waals surface area contributed by atoms with E-state index in [1.807, 2.05) is 12.1 Å². The van der Waals surface area contributed by atoms with Crippen molar-refractivity contribution in [1.29, 1.82) is 0 Å². The second-order valence-corrected chi connectivity index (χ2v) is 6.78. The molecule has 0 fully saturated rings. The second kappa shape index (κ2) is 11.7. The number of aromatic nitrogens is 1. The Morgan fingerprint density at radius 1 is 1.06 bits per heavy atom. The molecule has 0 radical (unpaired) electrons. The van der Waals surface area contributed by atoms with E-state index >= 15 is 0 Å². The van der Waals surface area contributed by atoms with Crippen LogP contribution in [0.5, 0.6) is 11.5 Å². The quantitative estimate of drug-likeness (QED) is 0.171. The fourth-order valence-electron chi connectivity index (χ4n) is 3.22. The lowest BCUT2D eigenvalue weighted by Crippen LogP contribution is -2.37. The van der Waals surface area contributed by atoms with Crippen LogP contribution in [0.4, 0.5) is 8.78 Å². The van der Waals surface area contributed by atoms with Crippen LogP contribution in [0.3, 0.4) is 0 Å². The Balaban J connectivity index is 0.00000341. The zero-order valence-electron chi connectivity index (χ0n) is 17.7. The van der Waals surface area contributed by atoms with Crippen molar-refractivity contribution in [2.24, 2.45) is 4.99 Å². The standard InChI is InChI=1S/C22H26F2N4O2.HI/c1-25-22(27-13-14-9-15(23)6-7-19(14)24)26-8-4-5-16-10-18-20(28-16)11-17(29-2)12-21(18)30-3;/h6-7,9-12,28H,4-5,8,13H2,1-3H3,(H2,25,26,27);1H. The number of fused-ring (bicyclic) bond motifs is 1. The highest BCUT2D eigenvalue weighted by Gasteiger charge is 2.09. The van der Waals surface area contributed by atoms with Crippen LogP contribution < -0.4 is 20.1 Å². The minimum atomic E-state index is -0.469. The summed E-state index contributed by atoms with van der Waals surface area (Å²) in [5.41, 5.74) is 2.30. The van der Waals surface area contributed by atoms with Crippen molar-refractivity contribution >= 4 is 40.8 Å². The molecule has 31 heavy (non-hydrogen) atoms. The number of ether oxygens (including phenoxy) is 2. The van der Waals surface area contributed by atoms with Crippen molar-refractivity contribution in [3.63, 3.8) is 0 Å². The molecule has 0 atom stereocenters. The molecule has 0 spiro atoms. The molecule has 6 nitrogen and oxygen atoms in total. The topological polar surface area (TPSA) is 70.7 Å². The monoisotopic (exact) mass is 544 g/mol. The first-order valence-corrected chi connectivity index (χ1v) is 9.66. The van der Waals surface area contributed by atoms with Crippen LogP contribution in [-0.2, 0) is 13.0 Å². The number of hydrogen-bond donors (Lipinski definition) is 3. The van der Waals surface area contributed by atoms with Gasteiger partial charge in [-0.05, 0) is 37.1 Å². The molecule has 168 valence electrons. The molecule has 0 aliphatic heterocycles. The largest absolute Gasteiger partial charge is 0.497 e. The van der Waals surface area contributed by atoms with E-state index in [-0.39, 0.29) is 36.1 Å². The number of halogens is 3. The summed E-state index contributed by atoms with van der Waals surface area (Å²) in [6.45, 7) is 0.814. The number of guanidine groups is 1. The third kappa shape index (κ3) is 6.46. The number of aromatic amines is 1. The number of benzene rings is 2. The van der Waals surface area contributed by atoms with E-state index < -0.39 is 11.6 Å². The normalized spacial score (nSPS) is 11.2. The van der Waals surface area contributed by atoms with Crippen molar-refractivity contribution in [3.05, 3.63) is 59.3 Å². The molecule has 9 heteroatoms. The van der Waals surface area contributed by atoms with Gasteiger partial charge in [-0.3, -0.25) is 4.99 Å². The molecule has 0 aliphatic rings. The molecular formula is C22H27F2IN4O2. The summed E-state index contributed by atoms with van der Waals surface area (Å²) in [6, 6.07) is 9.27. The fourth-order valence-corrected chi connectivity index (χ4v) is 3.22. The zero-order valence-corrected chi connectivity index (χ0v) is 20.1. The number of rotatable bonds is 8. The van der Waals surface area contributed by atoms with Crippen molar-refractivity contribution in [1.82, 2.24) is 15.6 Å². The lowest BCUT2D eigenvalue weighted by atomic mass is 10.2. The van der Waals surface area contributed by atoms with Crippen LogP contribution in [0.1, 0.15) is 17.7 Å². The van der Waals surface area contributed by atoms with E-state index in [0.29, 0.717) is 12.5 Å². The van der Waals surface area contributed by atoms with E-state index in [1.165, 1.54) is 6.07 Å². The van der Waals surface area contributed by atoms with Crippen LogP contribution >= 0.6 is 24.0 Å². The zero-order chi connectivity index (χ0) is 21.5. The van der Waals surface area contributed by atoms with E-state index in [4.69, 9.17) is 9.47 Å². The Morgan fingerprint density at radius 3 is 2.58 bits per heavy atom. The van der Waals surface area contributed by atoms with Crippen LogP contribution in [-0.4, -0.2) is 38.8 Å². The van der Waals surface area contributed by atoms with E-state index in [0.717, 1.165) is 53.1 Å². The van der Waals surface area contributed by atoms with Gasteiger partial charge in [-0.15, -0.1) is 24.0 Å². The predicted octanol–water partition coefficient (Wildman–Crippen LogP) is 4.38. The Labute approximate surface area is 197 Å². The summed E-state index contributed by atoms with van der Waals surface area (Å²) in [4.78, 5) is 7.51. The number of aliphatic imine (C=N–C) groups is 1. The number of hydrogen-bond acceptors (Lipinski definition) is 3. The molecule has 0 saturated heterocycles. The summed E-state index contributed by atoms with van der Waals surface area (Å²) in [5.74, 6) is 1.11. The number of nitrogens with zero attached hydrogens (tertiary/aromatic N) is 1. The van der Waals surface area contributed by atoms with Crippen LogP contribution in [0, 0.1) is 11.6 Å². The summed E-state index contributed by atoms with van der Waals surface area (Å²) in [5, 5.41) is 7.19. The van der Waals surface area contributed by atoms with Gasteiger partial charge in [0.25, 0.3) is 0 Å². The summed E-state index contributed by atoms with van der Waals surface area (Å²) in [7, 11) is 4.90. The molecule has 0 bridgehead atoms. The summed E-state index contributed by atoms with van der Waals surface area (Å²) >= 11 is 0. The van der Waals surface area contributed by atoms with Gasteiger partial charge < -0.3 is 25.1 Å². The van der Waals surface area contributed by atoms with E-state index in [2.05, 4.69) is 26.7 Å². The molecule has 0 saturated carbocycles. The number of methoxy groups -OCH3 is 2. The molecule has 1 aromatic heterocycles. The van der Waals surface area contributed by atoms with Gasteiger partial charge in [0.05, 0.1) is 19.7 Å². The van der Waals surface area contributed by atoms with Crippen LogP contribution in [0.15, 0.2) is 41.4 Å². The van der Waals surface area contributed by atoms with Crippen molar-refractivity contribution in [2.45, 2.75) is 19.4 Å².